The van der Waals surface area contributed by atoms with Gasteiger partial charge in [-0.05, 0) is 12.0 Å². The van der Waals surface area contributed by atoms with Crippen LogP contribution < -0.4 is 10.1 Å². The van der Waals surface area contributed by atoms with E-state index in [2.05, 4.69) is 10.1 Å². The smallest absolute Gasteiger partial charge is 0.387 e. The zero-order valence-corrected chi connectivity index (χ0v) is 10.9. The van der Waals surface area contributed by atoms with Gasteiger partial charge in [-0.3, -0.25) is 10.1 Å². The lowest BCUT2D eigenvalue weighted by molar-refractivity contribution is -0.385. The Labute approximate surface area is 114 Å². The summed E-state index contributed by atoms with van der Waals surface area (Å²) in [6.07, 6.45) is 0. The van der Waals surface area contributed by atoms with E-state index in [1.807, 2.05) is 0 Å². The second-order valence-corrected chi connectivity index (χ2v) is 4.35. The topological polar surface area (TPSA) is 84.6 Å². The molecule has 0 amide bonds. The summed E-state index contributed by atoms with van der Waals surface area (Å²) >= 11 is 0. The summed E-state index contributed by atoms with van der Waals surface area (Å²) in [4.78, 5) is 10.1. The summed E-state index contributed by atoms with van der Waals surface area (Å²) in [5.74, 6) is -0.108. The number of aliphatic hydroxyl groups excluding tert-OH is 1. The Morgan fingerprint density at radius 2 is 2.20 bits per heavy atom. The number of nitro groups is 1. The standard InChI is InChI=1S/C12H16F2N2O4/c1-8(7-17)5-15-6-9-4-10(16(18)19)2-3-11(9)20-12(13)14/h2-4,8,12,15,17H,5-7H2,1H3. The fourth-order valence-electron chi connectivity index (χ4n) is 1.55. The van der Waals surface area contributed by atoms with Crippen LogP contribution >= 0.6 is 0 Å². The number of nitrogens with one attached hydrogen (secondary N) is 1. The van der Waals surface area contributed by atoms with Crippen molar-refractivity contribution in [2.24, 2.45) is 5.92 Å². The van der Waals surface area contributed by atoms with Gasteiger partial charge in [-0.15, -0.1) is 0 Å². The van der Waals surface area contributed by atoms with Gasteiger partial charge in [0.15, 0.2) is 0 Å². The molecule has 1 rings (SSSR count). The molecule has 1 aromatic rings. The number of nitro benzene ring substituents is 1. The Morgan fingerprint density at radius 1 is 1.50 bits per heavy atom. The number of rotatable bonds is 8. The third kappa shape index (κ3) is 5.06. The normalized spacial score (nSPS) is 12.4. The van der Waals surface area contributed by atoms with Crippen LogP contribution in [-0.4, -0.2) is 29.8 Å². The minimum absolute atomic E-state index is 0.00633. The maximum Gasteiger partial charge on any atom is 0.387 e. The number of non-ortho nitro benzene ring substituents is 1. The fourth-order valence-corrected chi connectivity index (χ4v) is 1.55. The van der Waals surface area contributed by atoms with Gasteiger partial charge in [-0.1, -0.05) is 6.92 Å². The zero-order valence-electron chi connectivity index (χ0n) is 10.9. The molecule has 0 spiro atoms. The number of ether oxygens (including phenoxy) is 1. The minimum atomic E-state index is -2.99. The molecule has 20 heavy (non-hydrogen) atoms. The summed E-state index contributed by atoms with van der Waals surface area (Å²) in [5.41, 5.74) is 0.0725. The summed E-state index contributed by atoms with van der Waals surface area (Å²) in [6, 6.07) is 3.45. The molecule has 0 fully saturated rings. The van der Waals surface area contributed by atoms with E-state index in [-0.39, 0.29) is 36.1 Å². The number of halogens is 2. The second-order valence-electron chi connectivity index (χ2n) is 4.35. The molecule has 0 heterocycles. The van der Waals surface area contributed by atoms with Crippen molar-refractivity contribution < 1.29 is 23.5 Å². The van der Waals surface area contributed by atoms with E-state index in [0.29, 0.717) is 6.54 Å². The van der Waals surface area contributed by atoms with Gasteiger partial charge in [0.1, 0.15) is 5.75 Å². The molecule has 112 valence electrons. The molecule has 6 nitrogen and oxygen atoms in total. The predicted molar refractivity (Wildman–Crippen MR) is 67.7 cm³/mol. The third-order valence-electron chi connectivity index (χ3n) is 2.59. The highest BCUT2D eigenvalue weighted by Gasteiger charge is 2.14. The number of hydrogen-bond donors (Lipinski definition) is 2. The van der Waals surface area contributed by atoms with Crippen LogP contribution in [0.15, 0.2) is 18.2 Å². The van der Waals surface area contributed by atoms with Crippen LogP contribution in [0.1, 0.15) is 12.5 Å². The van der Waals surface area contributed by atoms with E-state index >= 15 is 0 Å². The van der Waals surface area contributed by atoms with Gasteiger partial charge in [0.25, 0.3) is 5.69 Å². The lowest BCUT2D eigenvalue weighted by Gasteiger charge is -2.13. The molecule has 0 bridgehead atoms. The highest BCUT2D eigenvalue weighted by atomic mass is 19.3. The summed E-state index contributed by atoms with van der Waals surface area (Å²) in [6.45, 7) is -0.618. The van der Waals surface area contributed by atoms with Crippen LogP contribution in [0.25, 0.3) is 0 Å². The first-order chi connectivity index (χ1) is 9.43. The fraction of sp³-hybridized carbons (Fsp3) is 0.500. The molecular formula is C12H16F2N2O4. The molecule has 0 saturated heterocycles. The van der Waals surface area contributed by atoms with E-state index in [0.717, 1.165) is 12.1 Å². The Morgan fingerprint density at radius 3 is 2.75 bits per heavy atom. The van der Waals surface area contributed by atoms with Crippen LogP contribution in [0.3, 0.4) is 0 Å². The van der Waals surface area contributed by atoms with Crippen molar-refractivity contribution >= 4 is 5.69 Å². The van der Waals surface area contributed by atoms with E-state index in [9.17, 15) is 18.9 Å². The largest absolute Gasteiger partial charge is 0.434 e. The Balaban J connectivity index is 2.82. The molecule has 2 N–H and O–H groups in total. The molecule has 0 saturated carbocycles. The molecule has 0 aliphatic carbocycles. The van der Waals surface area contributed by atoms with Gasteiger partial charge in [-0.2, -0.15) is 8.78 Å². The summed E-state index contributed by atoms with van der Waals surface area (Å²) in [7, 11) is 0. The van der Waals surface area contributed by atoms with Gasteiger partial charge in [-0.25, -0.2) is 0 Å². The SMILES string of the molecule is CC(CO)CNCc1cc([N+](=O)[O-])ccc1OC(F)F. The molecule has 1 aromatic carbocycles. The molecule has 0 radical (unpaired) electrons. The average molecular weight is 290 g/mol. The van der Waals surface area contributed by atoms with Crippen molar-refractivity contribution in [2.45, 2.75) is 20.1 Å². The van der Waals surface area contributed by atoms with Crippen LogP contribution in [0.5, 0.6) is 5.75 Å². The minimum Gasteiger partial charge on any atom is -0.434 e. The molecule has 0 aromatic heterocycles. The Hall–Kier alpha value is -1.80. The predicted octanol–water partition coefficient (Wildman–Crippen LogP) is 1.91. The maximum atomic E-state index is 12.3. The monoisotopic (exact) mass is 290 g/mol. The molecule has 1 unspecified atom stereocenters. The molecule has 0 aliphatic rings. The number of alkyl halides is 2. The van der Waals surface area contributed by atoms with Crippen molar-refractivity contribution in [3.8, 4) is 5.75 Å². The number of aliphatic hydroxyl groups is 1. The molecular weight excluding hydrogens is 274 g/mol. The quantitative estimate of drug-likeness (QED) is 0.564. The van der Waals surface area contributed by atoms with Gasteiger partial charge >= 0.3 is 6.61 Å². The van der Waals surface area contributed by atoms with Crippen molar-refractivity contribution in [3.05, 3.63) is 33.9 Å². The van der Waals surface area contributed by atoms with Crippen molar-refractivity contribution in [2.75, 3.05) is 13.2 Å². The molecule has 1 atom stereocenters. The molecule has 8 heteroatoms. The van der Waals surface area contributed by atoms with Crippen molar-refractivity contribution in [1.29, 1.82) is 0 Å². The van der Waals surface area contributed by atoms with Crippen LogP contribution in [0, 0.1) is 16.0 Å². The first kappa shape index (κ1) is 16.3. The van der Waals surface area contributed by atoms with Crippen LogP contribution in [-0.2, 0) is 6.54 Å². The Bertz CT molecular complexity index is 457. The van der Waals surface area contributed by atoms with Gasteiger partial charge in [0.05, 0.1) is 4.92 Å². The number of hydrogen-bond acceptors (Lipinski definition) is 5. The zero-order chi connectivity index (χ0) is 15.1. The number of benzene rings is 1. The Kier molecular flexibility index (Phi) is 6.26. The van der Waals surface area contributed by atoms with Crippen LogP contribution in [0.2, 0.25) is 0 Å². The third-order valence-corrected chi connectivity index (χ3v) is 2.59. The first-order valence-electron chi connectivity index (χ1n) is 5.97. The molecule has 0 aliphatic heterocycles. The van der Waals surface area contributed by atoms with E-state index in [1.165, 1.54) is 6.07 Å². The highest BCUT2D eigenvalue weighted by molar-refractivity contribution is 5.43. The van der Waals surface area contributed by atoms with E-state index in [1.54, 1.807) is 6.92 Å². The van der Waals surface area contributed by atoms with Gasteiger partial charge in [0, 0.05) is 37.4 Å². The van der Waals surface area contributed by atoms with Crippen LogP contribution in [0.4, 0.5) is 14.5 Å². The van der Waals surface area contributed by atoms with E-state index in [4.69, 9.17) is 5.11 Å². The lowest BCUT2D eigenvalue weighted by atomic mass is 10.1. The number of nitrogens with zero attached hydrogens (tertiary/aromatic N) is 1. The van der Waals surface area contributed by atoms with Crippen molar-refractivity contribution in [1.82, 2.24) is 5.32 Å². The second kappa shape index (κ2) is 7.71. The maximum absolute atomic E-state index is 12.3. The lowest BCUT2D eigenvalue weighted by Crippen LogP contribution is -2.23. The van der Waals surface area contributed by atoms with Gasteiger partial charge < -0.3 is 15.2 Å². The van der Waals surface area contributed by atoms with E-state index < -0.39 is 11.5 Å². The van der Waals surface area contributed by atoms with Gasteiger partial charge in [0.2, 0.25) is 0 Å². The highest BCUT2D eigenvalue weighted by Crippen LogP contribution is 2.25. The summed E-state index contributed by atoms with van der Waals surface area (Å²) < 4.78 is 28.8. The van der Waals surface area contributed by atoms with Crippen molar-refractivity contribution in [3.63, 3.8) is 0 Å². The first-order valence-corrected chi connectivity index (χ1v) is 5.97. The summed E-state index contributed by atoms with van der Waals surface area (Å²) in [5, 5.41) is 22.5. The average Bonchev–Trinajstić information content (AvgIpc) is 2.39.